The molecule has 4 aliphatic rings. The van der Waals surface area contributed by atoms with Crippen molar-refractivity contribution in [1.82, 2.24) is 41.7 Å². The van der Waals surface area contributed by atoms with E-state index in [9.17, 15) is 38.4 Å². The van der Waals surface area contributed by atoms with Gasteiger partial charge in [0.1, 0.15) is 24.2 Å². The van der Waals surface area contributed by atoms with E-state index in [-0.39, 0.29) is 111 Å². The van der Waals surface area contributed by atoms with Gasteiger partial charge < -0.3 is 41.7 Å². The molecule has 3 aromatic rings. The number of amides is 6. The smallest absolute Gasteiger partial charge is 0.246 e. The van der Waals surface area contributed by atoms with Crippen LogP contribution in [0.25, 0.3) is 0 Å². The molecule has 2 saturated heterocycles. The van der Waals surface area contributed by atoms with Crippen molar-refractivity contribution < 1.29 is 38.4 Å². The third kappa shape index (κ3) is 15.9. The van der Waals surface area contributed by atoms with E-state index < -0.39 is 70.7 Å². The van der Waals surface area contributed by atoms with Crippen LogP contribution in [0.15, 0.2) is 69.6 Å². The Morgan fingerprint density at radius 1 is 0.575 bits per heavy atom. The number of benzene rings is 3. The second-order valence-electron chi connectivity index (χ2n) is 24.3. The van der Waals surface area contributed by atoms with Gasteiger partial charge in [-0.15, -0.1) is 24.8 Å². The van der Waals surface area contributed by atoms with Crippen LogP contribution in [-0.2, 0) is 41.6 Å². The summed E-state index contributed by atoms with van der Waals surface area (Å²) in [5.41, 5.74) is 3.51. The summed E-state index contributed by atoms with van der Waals surface area (Å²) in [6.45, 7) is 14.8. The lowest BCUT2D eigenvalue weighted by Crippen LogP contribution is -2.59. The van der Waals surface area contributed by atoms with Gasteiger partial charge >= 0.3 is 0 Å². The fraction of sp³-hybridized carbons (Fsp3) is 0.567. The van der Waals surface area contributed by atoms with Crippen molar-refractivity contribution in [3.05, 3.63) is 103 Å². The summed E-state index contributed by atoms with van der Waals surface area (Å²) in [7, 11) is 3.32. The van der Waals surface area contributed by atoms with Crippen molar-refractivity contribution in [1.29, 1.82) is 0 Å². The summed E-state index contributed by atoms with van der Waals surface area (Å²) in [5.74, 6) is -3.53. The maximum absolute atomic E-state index is 14.8. The number of likely N-dealkylation sites (tertiary alicyclic amines) is 2. The topological polar surface area (TPSA) is 215 Å². The first-order chi connectivity index (χ1) is 36.8. The van der Waals surface area contributed by atoms with Crippen LogP contribution in [0, 0.1) is 22.7 Å². The van der Waals surface area contributed by atoms with Crippen LogP contribution in [-0.4, -0.2) is 120 Å². The molecular formula is C60H82Br2Cl2N8O8. The van der Waals surface area contributed by atoms with Gasteiger partial charge in [-0.25, -0.2) is 0 Å². The first-order valence-electron chi connectivity index (χ1n) is 27.7. The van der Waals surface area contributed by atoms with E-state index in [4.69, 9.17) is 0 Å². The van der Waals surface area contributed by atoms with Crippen LogP contribution >= 0.6 is 56.7 Å². The summed E-state index contributed by atoms with van der Waals surface area (Å²) >= 11 is 7.15. The summed E-state index contributed by atoms with van der Waals surface area (Å²) in [4.78, 5) is 117. The molecule has 6 N–H and O–H groups in total. The maximum atomic E-state index is 14.8. The van der Waals surface area contributed by atoms with Crippen LogP contribution in [0.3, 0.4) is 0 Å². The predicted molar refractivity (Wildman–Crippen MR) is 322 cm³/mol. The van der Waals surface area contributed by atoms with Crippen LogP contribution in [0.5, 0.6) is 0 Å². The highest BCUT2D eigenvalue weighted by Gasteiger charge is 2.48. The summed E-state index contributed by atoms with van der Waals surface area (Å²) < 4.78 is 1.91. The van der Waals surface area contributed by atoms with Gasteiger partial charge in [0.2, 0.25) is 35.4 Å². The molecule has 0 aromatic heterocycles. The minimum Gasteiger partial charge on any atom is -0.347 e. The molecule has 80 heavy (non-hydrogen) atoms. The van der Waals surface area contributed by atoms with Gasteiger partial charge in [0.25, 0.3) is 0 Å². The van der Waals surface area contributed by atoms with Gasteiger partial charge in [0, 0.05) is 46.0 Å². The number of carbonyl (C=O) groups is 8. The van der Waals surface area contributed by atoms with E-state index in [0.29, 0.717) is 11.1 Å². The Balaban J connectivity index is 0.00000588. The molecule has 20 heteroatoms. The number of hydrogen-bond donors (Lipinski definition) is 6. The van der Waals surface area contributed by atoms with E-state index in [2.05, 4.69) is 75.9 Å². The molecule has 16 nitrogen and oxygen atoms in total. The molecule has 2 aliphatic heterocycles. The molecule has 2 aliphatic carbocycles. The highest BCUT2D eigenvalue weighted by Crippen LogP contribution is 2.37. The number of Topliss-reactive ketones (excluding diaryl/α,β-unsaturated/α-hetero) is 2. The SMILES string of the molecule is CN[C@@H](C)C(=O)N[C@H](C(=O)N1C[C@@H](CC(=O)c2cccc(C(=O)C[C@H]3C[C@@H](C(=O)NC4CCCc5cc(Br)ccc54)N(C(=O)[C@@H](NC(=O)[C@H](C)NC)C(C)(C)C)C3)c2)C[C@H]1C(=O)NC1CCCc2cc(Br)ccc21)C(C)(C)C.Cl.Cl. The fourth-order valence-electron chi connectivity index (χ4n) is 11.6. The van der Waals surface area contributed by atoms with Gasteiger partial charge in [-0.05, 0) is 155 Å². The van der Waals surface area contributed by atoms with E-state index in [1.807, 2.05) is 65.8 Å². The third-order valence-electron chi connectivity index (χ3n) is 16.3. The van der Waals surface area contributed by atoms with Crippen molar-refractivity contribution in [2.45, 2.75) is 168 Å². The van der Waals surface area contributed by atoms with Crippen LogP contribution in [0.2, 0.25) is 0 Å². The third-order valence-corrected chi connectivity index (χ3v) is 17.3. The Hall–Kier alpha value is -4.72. The summed E-state index contributed by atoms with van der Waals surface area (Å²) in [6, 6.07) is 13.2. The lowest BCUT2D eigenvalue weighted by Gasteiger charge is -2.36. The largest absolute Gasteiger partial charge is 0.347 e. The number of carbonyl (C=O) groups excluding carboxylic acids is 8. The van der Waals surface area contributed by atoms with Crippen molar-refractivity contribution in [3.8, 4) is 0 Å². The molecule has 0 saturated carbocycles. The molecule has 6 amide bonds. The number of nitrogens with zero attached hydrogens (tertiary/aromatic N) is 2. The normalized spacial score (nSPS) is 22.1. The zero-order valence-electron chi connectivity index (χ0n) is 47.8. The average Bonchev–Trinajstić information content (AvgIpc) is 4.02. The molecule has 10 atom stereocenters. The van der Waals surface area contributed by atoms with Gasteiger partial charge in [-0.2, -0.15) is 0 Å². The number of nitrogens with one attached hydrogen (secondary N) is 6. The molecule has 2 unspecified atom stereocenters. The molecule has 0 radical (unpaired) electrons. The minimum atomic E-state index is -0.971. The highest BCUT2D eigenvalue weighted by atomic mass is 79.9. The Morgan fingerprint density at radius 2 is 0.950 bits per heavy atom. The van der Waals surface area contributed by atoms with Crippen molar-refractivity contribution in [3.63, 3.8) is 0 Å². The van der Waals surface area contributed by atoms with E-state index in [1.54, 1.807) is 52.2 Å². The molecule has 2 heterocycles. The number of likely N-dealkylation sites (N-methyl/N-ethyl adjacent to an activating group) is 2. The fourth-order valence-corrected chi connectivity index (χ4v) is 12.4. The van der Waals surface area contributed by atoms with Gasteiger partial charge in [0.15, 0.2) is 11.6 Å². The summed E-state index contributed by atoms with van der Waals surface area (Å²) in [5, 5.41) is 18.3. The van der Waals surface area contributed by atoms with Gasteiger partial charge in [-0.3, -0.25) is 38.4 Å². The molecule has 2 fully saturated rings. The first kappa shape index (κ1) is 66.1. The van der Waals surface area contributed by atoms with Crippen LogP contribution in [0.4, 0.5) is 0 Å². The predicted octanol–water partition coefficient (Wildman–Crippen LogP) is 8.30. The second-order valence-corrected chi connectivity index (χ2v) is 26.1. The number of aryl methyl sites for hydroxylation is 2. The Morgan fingerprint density at radius 3 is 1.30 bits per heavy atom. The summed E-state index contributed by atoms with van der Waals surface area (Å²) in [6.07, 6.45) is 5.40. The molecular weight excluding hydrogens is 1190 g/mol. The molecule has 3 aromatic carbocycles. The number of hydrogen-bond acceptors (Lipinski definition) is 10. The standard InChI is InChI=1S/C60H80Br2N8O8.2ClH/c1-33(63-9)53(73)67-51(59(3,4)5)57(77)69-31-35(24-47(69)55(75)65-45-18-12-14-37-29-41(61)20-22-43(37)45)26-49(71)39-16-11-17-40(28-39)50(72)27-36-25-48(56(76)66-46-19-13-15-38-30-42(62)21-23-44(38)46)70(32-36)58(78)52(60(6,7)8)68-54(74)34(2)64-10;;/h11,16-17,20-23,28-30,33-36,45-48,51-52,63-64H,12-15,18-19,24-27,31-32H2,1-10H3,(H,65,75)(H,66,76)(H,67,73)(H,68,74);2*1H/t33-,34-,35+,36+,45?,46?,47-,48-,51+,52+;;/m0../s1. The van der Waals surface area contributed by atoms with Gasteiger partial charge in [0.05, 0.1) is 24.2 Å². The monoisotopic (exact) mass is 1270 g/mol. The quantitative estimate of drug-likeness (QED) is 0.0670. The molecule has 0 spiro atoms. The molecule has 0 bridgehead atoms. The number of rotatable bonds is 18. The molecule has 438 valence electrons. The zero-order valence-corrected chi connectivity index (χ0v) is 52.6. The zero-order chi connectivity index (χ0) is 57.0. The van der Waals surface area contributed by atoms with Crippen LogP contribution in [0.1, 0.15) is 162 Å². The highest BCUT2D eigenvalue weighted by molar-refractivity contribution is 9.10. The lowest BCUT2D eigenvalue weighted by molar-refractivity contribution is -0.144. The lowest BCUT2D eigenvalue weighted by atomic mass is 9.85. The minimum absolute atomic E-state index is 0. The Labute approximate surface area is 501 Å². The van der Waals surface area contributed by atoms with Crippen molar-refractivity contribution in [2.24, 2.45) is 22.7 Å². The van der Waals surface area contributed by atoms with E-state index in [0.717, 1.165) is 69.7 Å². The number of halogens is 4. The molecule has 7 rings (SSSR count). The first-order valence-corrected chi connectivity index (χ1v) is 29.3. The van der Waals surface area contributed by atoms with E-state index >= 15 is 0 Å². The van der Waals surface area contributed by atoms with Crippen LogP contribution < -0.4 is 31.9 Å². The number of fused-ring (bicyclic) bond motifs is 2. The average molecular weight is 1270 g/mol. The Kier molecular flexibility index (Phi) is 23.2. The van der Waals surface area contributed by atoms with Crippen molar-refractivity contribution >= 4 is 104 Å². The van der Waals surface area contributed by atoms with Gasteiger partial charge in [-0.1, -0.05) is 104 Å². The second kappa shape index (κ2) is 28.0. The Bertz CT molecular complexity index is 2610. The van der Waals surface area contributed by atoms with E-state index in [1.165, 1.54) is 9.80 Å². The maximum Gasteiger partial charge on any atom is 0.246 e. The number of ketones is 2. The van der Waals surface area contributed by atoms with Crippen molar-refractivity contribution in [2.75, 3.05) is 27.2 Å².